The van der Waals surface area contributed by atoms with Crippen LogP contribution in [-0.4, -0.2) is 20.4 Å². The van der Waals surface area contributed by atoms with Crippen LogP contribution in [0.5, 0.6) is 0 Å². The van der Waals surface area contributed by atoms with Gasteiger partial charge in [0.2, 0.25) is 15.9 Å². The molecule has 5 nitrogen and oxygen atoms in total. The van der Waals surface area contributed by atoms with E-state index in [0.717, 1.165) is 11.1 Å². The van der Waals surface area contributed by atoms with Crippen LogP contribution in [0.1, 0.15) is 31.0 Å². The topological polar surface area (TPSA) is 75.3 Å². The first kappa shape index (κ1) is 19.4. The molecule has 2 rings (SSSR count). The second-order valence-corrected chi connectivity index (χ2v) is 8.09. The molecule has 0 radical (unpaired) electrons. The van der Waals surface area contributed by atoms with Crippen LogP contribution in [0.25, 0.3) is 0 Å². The predicted molar refractivity (Wildman–Crippen MR) is 99.0 cm³/mol. The number of hydrogen-bond donors (Lipinski definition) is 2. The SMILES string of the molecule is Cc1ccc(S(=O)(=O)N[C@@H](C)C(=O)N[C@H](C)c2ccc(Cl)cc2)cc1. The lowest BCUT2D eigenvalue weighted by molar-refractivity contribution is -0.123. The highest BCUT2D eigenvalue weighted by molar-refractivity contribution is 7.89. The molecule has 0 aromatic heterocycles. The quantitative estimate of drug-likeness (QED) is 0.808. The number of benzene rings is 2. The van der Waals surface area contributed by atoms with E-state index in [0.29, 0.717) is 5.02 Å². The molecule has 0 spiro atoms. The van der Waals surface area contributed by atoms with Crippen LogP contribution in [-0.2, 0) is 14.8 Å². The molecular weight excluding hydrogens is 360 g/mol. The third-order valence-electron chi connectivity index (χ3n) is 3.79. The van der Waals surface area contributed by atoms with Crippen LogP contribution in [0.4, 0.5) is 0 Å². The molecule has 1 amide bonds. The second kappa shape index (κ2) is 7.99. The van der Waals surface area contributed by atoms with Crippen molar-refractivity contribution in [2.24, 2.45) is 0 Å². The molecular formula is C18H21ClN2O3S. The van der Waals surface area contributed by atoms with Gasteiger partial charge in [0.05, 0.1) is 17.0 Å². The highest BCUT2D eigenvalue weighted by atomic mass is 35.5. The molecule has 2 aromatic carbocycles. The molecule has 0 aliphatic carbocycles. The van der Waals surface area contributed by atoms with Crippen LogP contribution in [0.15, 0.2) is 53.4 Å². The Morgan fingerprint density at radius 2 is 1.56 bits per heavy atom. The van der Waals surface area contributed by atoms with Crippen molar-refractivity contribution >= 4 is 27.5 Å². The largest absolute Gasteiger partial charge is 0.348 e. The summed E-state index contributed by atoms with van der Waals surface area (Å²) >= 11 is 5.85. The summed E-state index contributed by atoms with van der Waals surface area (Å²) in [6, 6.07) is 12.4. The molecule has 0 saturated carbocycles. The molecule has 25 heavy (non-hydrogen) atoms. The van der Waals surface area contributed by atoms with E-state index in [4.69, 9.17) is 11.6 Å². The fraction of sp³-hybridized carbons (Fsp3) is 0.278. The third-order valence-corrected chi connectivity index (χ3v) is 5.59. The van der Waals surface area contributed by atoms with E-state index in [1.807, 2.05) is 26.0 Å². The average molecular weight is 381 g/mol. The first-order valence-corrected chi connectivity index (χ1v) is 9.70. The normalized spacial score (nSPS) is 13.9. The van der Waals surface area contributed by atoms with Gasteiger partial charge in [-0.1, -0.05) is 41.4 Å². The molecule has 7 heteroatoms. The standard InChI is InChI=1S/C18H21ClN2O3S/c1-12-4-10-17(11-5-12)25(23,24)21-14(3)18(22)20-13(2)15-6-8-16(19)9-7-15/h4-11,13-14,21H,1-3H3,(H,20,22)/t13-,14+/m1/s1. The van der Waals surface area contributed by atoms with Gasteiger partial charge in [-0.2, -0.15) is 4.72 Å². The third kappa shape index (κ3) is 5.29. The minimum absolute atomic E-state index is 0.128. The van der Waals surface area contributed by atoms with Crippen molar-refractivity contribution in [3.8, 4) is 0 Å². The second-order valence-electron chi connectivity index (χ2n) is 5.94. The number of nitrogens with one attached hydrogen (secondary N) is 2. The first-order chi connectivity index (χ1) is 11.7. The molecule has 2 atom stereocenters. The van der Waals surface area contributed by atoms with E-state index in [2.05, 4.69) is 10.0 Å². The molecule has 134 valence electrons. The maximum Gasteiger partial charge on any atom is 0.241 e. The van der Waals surface area contributed by atoms with E-state index in [1.165, 1.54) is 19.1 Å². The fourth-order valence-electron chi connectivity index (χ4n) is 2.24. The molecule has 0 aliphatic heterocycles. The Morgan fingerprint density at radius 1 is 1.00 bits per heavy atom. The molecule has 0 fully saturated rings. The van der Waals surface area contributed by atoms with Crippen LogP contribution < -0.4 is 10.0 Å². The predicted octanol–water partition coefficient (Wildman–Crippen LogP) is 3.19. The number of carbonyl (C=O) groups is 1. The Kier molecular flexibility index (Phi) is 6.21. The minimum atomic E-state index is -3.76. The van der Waals surface area contributed by atoms with Crippen molar-refractivity contribution in [3.05, 3.63) is 64.7 Å². The molecule has 0 unspecified atom stereocenters. The van der Waals surface area contributed by atoms with Gasteiger partial charge in [0.15, 0.2) is 0 Å². The zero-order chi connectivity index (χ0) is 18.6. The highest BCUT2D eigenvalue weighted by Crippen LogP contribution is 2.16. The lowest BCUT2D eigenvalue weighted by Gasteiger charge is -2.19. The number of aryl methyl sites for hydroxylation is 1. The summed E-state index contributed by atoms with van der Waals surface area (Å²) in [4.78, 5) is 12.4. The molecule has 0 heterocycles. The van der Waals surface area contributed by atoms with E-state index in [-0.39, 0.29) is 10.9 Å². The van der Waals surface area contributed by atoms with Crippen LogP contribution in [0, 0.1) is 6.92 Å². The minimum Gasteiger partial charge on any atom is -0.348 e. The summed E-state index contributed by atoms with van der Waals surface area (Å²) < 4.78 is 27.1. The lowest BCUT2D eigenvalue weighted by atomic mass is 10.1. The Morgan fingerprint density at radius 3 is 2.12 bits per heavy atom. The van der Waals surface area contributed by atoms with Crippen LogP contribution in [0.3, 0.4) is 0 Å². The van der Waals surface area contributed by atoms with Gasteiger partial charge in [0.25, 0.3) is 0 Å². The molecule has 0 saturated heterocycles. The number of hydrogen-bond acceptors (Lipinski definition) is 3. The van der Waals surface area contributed by atoms with Crippen molar-refractivity contribution in [3.63, 3.8) is 0 Å². The van der Waals surface area contributed by atoms with Crippen molar-refractivity contribution in [1.29, 1.82) is 0 Å². The number of halogens is 1. The van der Waals surface area contributed by atoms with Crippen molar-refractivity contribution in [2.45, 2.75) is 37.8 Å². The maximum absolute atomic E-state index is 12.3. The lowest BCUT2D eigenvalue weighted by Crippen LogP contribution is -2.45. The van der Waals surface area contributed by atoms with Gasteiger partial charge in [-0.05, 0) is 50.6 Å². The van der Waals surface area contributed by atoms with Gasteiger partial charge < -0.3 is 5.32 Å². The monoisotopic (exact) mass is 380 g/mol. The molecule has 2 N–H and O–H groups in total. The Hall–Kier alpha value is -1.89. The van der Waals surface area contributed by atoms with Crippen LogP contribution in [0.2, 0.25) is 5.02 Å². The molecule has 0 aliphatic rings. The number of amides is 1. The van der Waals surface area contributed by atoms with Gasteiger partial charge in [0.1, 0.15) is 0 Å². The summed E-state index contributed by atoms with van der Waals surface area (Å²) in [5.41, 5.74) is 1.84. The molecule has 0 bridgehead atoms. The zero-order valence-corrected chi connectivity index (χ0v) is 15.9. The van der Waals surface area contributed by atoms with Gasteiger partial charge in [-0.15, -0.1) is 0 Å². The van der Waals surface area contributed by atoms with E-state index < -0.39 is 22.0 Å². The Bertz CT molecular complexity index is 834. The number of carbonyl (C=O) groups excluding carboxylic acids is 1. The van der Waals surface area contributed by atoms with Crippen LogP contribution >= 0.6 is 11.6 Å². The summed E-state index contributed by atoms with van der Waals surface area (Å²) in [5, 5.41) is 3.40. The van der Waals surface area contributed by atoms with Gasteiger partial charge in [0, 0.05) is 5.02 Å². The van der Waals surface area contributed by atoms with E-state index in [1.54, 1.807) is 24.3 Å². The summed E-state index contributed by atoms with van der Waals surface area (Å²) in [6.45, 7) is 5.20. The van der Waals surface area contributed by atoms with Crippen molar-refractivity contribution < 1.29 is 13.2 Å². The van der Waals surface area contributed by atoms with Crippen molar-refractivity contribution in [2.75, 3.05) is 0 Å². The first-order valence-electron chi connectivity index (χ1n) is 7.84. The van der Waals surface area contributed by atoms with E-state index in [9.17, 15) is 13.2 Å². The number of rotatable bonds is 6. The molecule has 2 aromatic rings. The summed E-state index contributed by atoms with van der Waals surface area (Å²) in [7, 11) is -3.76. The Labute approximate surface area is 153 Å². The van der Waals surface area contributed by atoms with Gasteiger partial charge in [-0.3, -0.25) is 4.79 Å². The van der Waals surface area contributed by atoms with E-state index >= 15 is 0 Å². The summed E-state index contributed by atoms with van der Waals surface area (Å²) in [6.07, 6.45) is 0. The fourth-order valence-corrected chi connectivity index (χ4v) is 3.57. The summed E-state index contributed by atoms with van der Waals surface area (Å²) in [5.74, 6) is -0.405. The smallest absolute Gasteiger partial charge is 0.241 e. The maximum atomic E-state index is 12.3. The van der Waals surface area contributed by atoms with Gasteiger partial charge in [-0.25, -0.2) is 8.42 Å². The Balaban J connectivity index is 2.01. The average Bonchev–Trinajstić information content (AvgIpc) is 2.55. The zero-order valence-electron chi connectivity index (χ0n) is 14.3. The van der Waals surface area contributed by atoms with Crippen molar-refractivity contribution in [1.82, 2.24) is 10.0 Å². The number of sulfonamides is 1. The highest BCUT2D eigenvalue weighted by Gasteiger charge is 2.23. The van der Waals surface area contributed by atoms with Gasteiger partial charge >= 0.3 is 0 Å².